The summed E-state index contributed by atoms with van der Waals surface area (Å²) in [7, 11) is 0. The number of fused-ring (bicyclic) bond motifs is 1. The van der Waals surface area contributed by atoms with Gasteiger partial charge in [-0.25, -0.2) is 0 Å². The molecule has 3 rings (SSSR count). The van der Waals surface area contributed by atoms with Crippen LogP contribution in [0.25, 0.3) is 10.8 Å². The lowest BCUT2D eigenvalue weighted by molar-refractivity contribution is 0.683. The molecular formula is C16H17N3S. The number of anilines is 1. The number of hydrogen-bond donors (Lipinski definition) is 1. The van der Waals surface area contributed by atoms with Crippen molar-refractivity contribution >= 4 is 27.9 Å². The van der Waals surface area contributed by atoms with Crippen LogP contribution in [0.2, 0.25) is 0 Å². The molecule has 0 fully saturated rings. The second kappa shape index (κ2) is 6.01. The summed E-state index contributed by atoms with van der Waals surface area (Å²) in [5.74, 6) is 0.870. The Bertz CT molecular complexity index is 674. The molecule has 3 aromatic rings. The molecule has 1 unspecified atom stereocenters. The van der Waals surface area contributed by atoms with E-state index < -0.39 is 0 Å². The number of nitrogens with zero attached hydrogens (tertiary/aromatic N) is 2. The first-order chi connectivity index (χ1) is 9.88. The molecule has 2 heterocycles. The zero-order chi connectivity index (χ0) is 13.8. The molecule has 1 aromatic carbocycles. The highest BCUT2D eigenvalue weighted by Crippen LogP contribution is 2.29. The number of rotatable bonds is 5. The minimum absolute atomic E-state index is 0.306. The lowest BCUT2D eigenvalue weighted by Gasteiger charge is -2.18. The predicted octanol–water partition coefficient (Wildman–Crippen LogP) is 4.64. The number of benzene rings is 1. The van der Waals surface area contributed by atoms with Crippen LogP contribution >= 0.6 is 11.3 Å². The minimum Gasteiger partial charge on any atom is -0.360 e. The zero-order valence-corrected chi connectivity index (χ0v) is 12.2. The van der Waals surface area contributed by atoms with Crippen LogP contribution in [0.1, 0.15) is 30.7 Å². The second-order valence-electron chi connectivity index (χ2n) is 4.78. The maximum Gasteiger partial charge on any atom is 0.157 e. The summed E-state index contributed by atoms with van der Waals surface area (Å²) in [6, 6.07) is 12.8. The van der Waals surface area contributed by atoms with Crippen LogP contribution < -0.4 is 5.32 Å². The van der Waals surface area contributed by atoms with E-state index in [9.17, 15) is 0 Å². The number of aromatic nitrogens is 2. The Morgan fingerprint density at radius 2 is 2.10 bits per heavy atom. The van der Waals surface area contributed by atoms with Crippen molar-refractivity contribution in [3.8, 4) is 0 Å². The van der Waals surface area contributed by atoms with Gasteiger partial charge in [-0.3, -0.25) is 0 Å². The van der Waals surface area contributed by atoms with Gasteiger partial charge in [0.15, 0.2) is 5.82 Å². The number of nitrogens with one attached hydrogen (secondary N) is 1. The average molecular weight is 283 g/mol. The third-order valence-corrected chi connectivity index (χ3v) is 4.33. The molecule has 0 bridgehead atoms. The predicted molar refractivity (Wildman–Crippen MR) is 85.1 cm³/mol. The highest BCUT2D eigenvalue weighted by molar-refractivity contribution is 7.10. The van der Waals surface area contributed by atoms with Gasteiger partial charge < -0.3 is 5.32 Å². The molecule has 3 nitrogen and oxygen atoms in total. The monoisotopic (exact) mass is 283 g/mol. The van der Waals surface area contributed by atoms with E-state index in [0.717, 1.165) is 29.4 Å². The van der Waals surface area contributed by atoms with Crippen LogP contribution in [0, 0.1) is 0 Å². The molecule has 0 spiro atoms. The number of hydrogen-bond acceptors (Lipinski definition) is 4. The standard InChI is InChI=1S/C16H17N3S/c1-2-6-14(15-9-5-10-20-15)18-16-13-8-4-3-7-12(13)11-17-19-16/h3-5,7-11,14H,2,6H2,1H3,(H,18,19). The van der Waals surface area contributed by atoms with Gasteiger partial charge in [0, 0.05) is 15.6 Å². The van der Waals surface area contributed by atoms with E-state index >= 15 is 0 Å². The van der Waals surface area contributed by atoms with Crippen LogP contribution in [0.3, 0.4) is 0 Å². The third kappa shape index (κ3) is 2.65. The molecule has 1 atom stereocenters. The Morgan fingerprint density at radius 3 is 2.90 bits per heavy atom. The molecule has 0 aliphatic rings. The van der Waals surface area contributed by atoms with Crippen molar-refractivity contribution in [1.29, 1.82) is 0 Å². The lowest BCUT2D eigenvalue weighted by Crippen LogP contribution is -2.11. The van der Waals surface area contributed by atoms with E-state index in [1.807, 2.05) is 12.1 Å². The van der Waals surface area contributed by atoms with E-state index in [4.69, 9.17) is 0 Å². The van der Waals surface area contributed by atoms with Crippen molar-refractivity contribution in [1.82, 2.24) is 10.2 Å². The van der Waals surface area contributed by atoms with Crippen LogP contribution in [0.5, 0.6) is 0 Å². The Hall–Kier alpha value is -1.94. The molecule has 0 amide bonds. The van der Waals surface area contributed by atoms with Gasteiger partial charge in [-0.05, 0) is 17.9 Å². The normalized spacial score (nSPS) is 12.4. The quantitative estimate of drug-likeness (QED) is 0.741. The molecule has 4 heteroatoms. The smallest absolute Gasteiger partial charge is 0.157 e. The minimum atomic E-state index is 0.306. The van der Waals surface area contributed by atoms with E-state index in [1.165, 1.54) is 4.88 Å². The fourth-order valence-corrected chi connectivity index (χ4v) is 3.18. The summed E-state index contributed by atoms with van der Waals surface area (Å²) in [4.78, 5) is 1.35. The first kappa shape index (κ1) is 13.1. The van der Waals surface area contributed by atoms with E-state index in [0.29, 0.717) is 6.04 Å². The Morgan fingerprint density at radius 1 is 1.20 bits per heavy atom. The summed E-state index contributed by atoms with van der Waals surface area (Å²) < 4.78 is 0. The van der Waals surface area contributed by atoms with Crippen LogP contribution in [0.4, 0.5) is 5.82 Å². The second-order valence-corrected chi connectivity index (χ2v) is 5.76. The molecule has 102 valence electrons. The van der Waals surface area contributed by atoms with Crippen molar-refractivity contribution in [3.05, 3.63) is 52.9 Å². The van der Waals surface area contributed by atoms with Gasteiger partial charge in [-0.1, -0.05) is 43.7 Å². The number of thiophene rings is 1. The van der Waals surface area contributed by atoms with Crippen LogP contribution in [-0.2, 0) is 0 Å². The van der Waals surface area contributed by atoms with Gasteiger partial charge in [0.2, 0.25) is 0 Å². The van der Waals surface area contributed by atoms with Crippen molar-refractivity contribution in [2.75, 3.05) is 5.32 Å². The van der Waals surface area contributed by atoms with E-state index in [-0.39, 0.29) is 0 Å². The maximum atomic E-state index is 4.28. The fraction of sp³-hybridized carbons (Fsp3) is 0.250. The van der Waals surface area contributed by atoms with Crippen molar-refractivity contribution in [3.63, 3.8) is 0 Å². The molecule has 0 saturated heterocycles. The Balaban J connectivity index is 1.94. The summed E-state index contributed by atoms with van der Waals surface area (Å²) in [6.07, 6.45) is 4.03. The lowest BCUT2D eigenvalue weighted by atomic mass is 10.1. The van der Waals surface area contributed by atoms with E-state index in [2.05, 4.69) is 52.1 Å². The first-order valence-electron chi connectivity index (χ1n) is 6.89. The molecule has 2 aromatic heterocycles. The highest BCUT2D eigenvalue weighted by Gasteiger charge is 2.13. The molecular weight excluding hydrogens is 266 g/mol. The maximum absolute atomic E-state index is 4.28. The largest absolute Gasteiger partial charge is 0.360 e. The van der Waals surface area contributed by atoms with Crippen molar-refractivity contribution < 1.29 is 0 Å². The Labute approximate surface area is 122 Å². The molecule has 1 N–H and O–H groups in total. The fourth-order valence-electron chi connectivity index (χ4n) is 2.36. The van der Waals surface area contributed by atoms with Gasteiger partial charge in [-0.15, -0.1) is 16.4 Å². The van der Waals surface area contributed by atoms with Gasteiger partial charge in [0.25, 0.3) is 0 Å². The van der Waals surface area contributed by atoms with Crippen LogP contribution in [0.15, 0.2) is 48.0 Å². The molecule has 0 aliphatic carbocycles. The third-order valence-electron chi connectivity index (χ3n) is 3.35. The topological polar surface area (TPSA) is 37.8 Å². The van der Waals surface area contributed by atoms with Crippen molar-refractivity contribution in [2.24, 2.45) is 0 Å². The molecule has 0 aliphatic heterocycles. The molecule has 0 radical (unpaired) electrons. The molecule has 0 saturated carbocycles. The summed E-state index contributed by atoms with van der Waals surface area (Å²) >= 11 is 1.78. The summed E-state index contributed by atoms with van der Waals surface area (Å²) in [5.41, 5.74) is 0. The van der Waals surface area contributed by atoms with Gasteiger partial charge in [0.05, 0.1) is 12.2 Å². The average Bonchev–Trinajstić information content (AvgIpc) is 3.01. The van der Waals surface area contributed by atoms with Crippen LogP contribution in [-0.4, -0.2) is 10.2 Å². The van der Waals surface area contributed by atoms with Gasteiger partial charge >= 0.3 is 0 Å². The molecule has 20 heavy (non-hydrogen) atoms. The SMILES string of the molecule is CCCC(Nc1nncc2ccccc12)c1cccs1. The summed E-state index contributed by atoms with van der Waals surface area (Å²) in [5, 5.41) is 16.3. The van der Waals surface area contributed by atoms with Crippen molar-refractivity contribution in [2.45, 2.75) is 25.8 Å². The van der Waals surface area contributed by atoms with E-state index in [1.54, 1.807) is 17.5 Å². The first-order valence-corrected chi connectivity index (χ1v) is 7.77. The summed E-state index contributed by atoms with van der Waals surface area (Å²) in [6.45, 7) is 2.21. The van der Waals surface area contributed by atoms with Gasteiger partial charge in [0.1, 0.15) is 0 Å². The highest BCUT2D eigenvalue weighted by atomic mass is 32.1. The van der Waals surface area contributed by atoms with Gasteiger partial charge in [-0.2, -0.15) is 5.10 Å². The Kier molecular flexibility index (Phi) is 3.92. The zero-order valence-electron chi connectivity index (χ0n) is 11.4.